The SMILES string of the molecule is CN(C)S(=O)(=O)Nc1nc(-c2ccc(F)cc2N)cs1. The van der Waals surface area contributed by atoms with Gasteiger partial charge in [0.25, 0.3) is 0 Å². The lowest BCUT2D eigenvalue weighted by Gasteiger charge is -2.10. The monoisotopic (exact) mass is 316 g/mol. The van der Waals surface area contributed by atoms with Crippen LogP contribution in [0.4, 0.5) is 15.2 Å². The largest absolute Gasteiger partial charge is 0.398 e. The number of nitrogens with two attached hydrogens (primary N) is 1. The van der Waals surface area contributed by atoms with E-state index in [9.17, 15) is 12.8 Å². The van der Waals surface area contributed by atoms with Crippen molar-refractivity contribution >= 4 is 32.4 Å². The van der Waals surface area contributed by atoms with Gasteiger partial charge in [-0.1, -0.05) is 0 Å². The highest BCUT2D eigenvalue weighted by Gasteiger charge is 2.16. The first kappa shape index (κ1) is 14.7. The molecule has 3 N–H and O–H groups in total. The van der Waals surface area contributed by atoms with Crippen molar-refractivity contribution in [2.45, 2.75) is 0 Å². The number of anilines is 2. The lowest BCUT2D eigenvalue weighted by Crippen LogP contribution is -2.28. The summed E-state index contributed by atoms with van der Waals surface area (Å²) in [5, 5.41) is 1.87. The van der Waals surface area contributed by atoms with E-state index in [0.717, 1.165) is 15.6 Å². The molecule has 0 amide bonds. The zero-order valence-electron chi connectivity index (χ0n) is 10.8. The number of benzene rings is 1. The molecule has 1 aromatic carbocycles. The van der Waals surface area contributed by atoms with Gasteiger partial charge in [-0.15, -0.1) is 11.3 Å². The van der Waals surface area contributed by atoms with Crippen LogP contribution < -0.4 is 10.5 Å². The van der Waals surface area contributed by atoms with Crippen molar-refractivity contribution in [1.29, 1.82) is 0 Å². The van der Waals surface area contributed by atoms with E-state index in [-0.39, 0.29) is 10.8 Å². The van der Waals surface area contributed by atoms with Crippen LogP contribution in [0.1, 0.15) is 0 Å². The molecule has 0 radical (unpaired) electrons. The molecule has 1 heterocycles. The van der Waals surface area contributed by atoms with Crippen molar-refractivity contribution in [3.05, 3.63) is 29.4 Å². The van der Waals surface area contributed by atoms with E-state index in [0.29, 0.717) is 11.3 Å². The maximum atomic E-state index is 13.0. The molecule has 108 valence electrons. The van der Waals surface area contributed by atoms with Crippen LogP contribution in [0.3, 0.4) is 0 Å². The third-order valence-electron chi connectivity index (χ3n) is 2.49. The maximum Gasteiger partial charge on any atom is 0.302 e. The van der Waals surface area contributed by atoms with Gasteiger partial charge in [-0.3, -0.25) is 0 Å². The Bertz CT molecular complexity index is 728. The van der Waals surface area contributed by atoms with Gasteiger partial charge in [0.1, 0.15) is 5.82 Å². The maximum absolute atomic E-state index is 13.0. The minimum atomic E-state index is -3.60. The second kappa shape index (κ2) is 5.35. The number of rotatable bonds is 4. The van der Waals surface area contributed by atoms with E-state index in [2.05, 4.69) is 9.71 Å². The summed E-state index contributed by atoms with van der Waals surface area (Å²) in [6.45, 7) is 0. The van der Waals surface area contributed by atoms with E-state index >= 15 is 0 Å². The first-order valence-corrected chi connectivity index (χ1v) is 7.83. The molecule has 0 saturated heterocycles. The Kier molecular flexibility index (Phi) is 3.93. The Labute approximate surface area is 120 Å². The zero-order chi connectivity index (χ0) is 14.9. The van der Waals surface area contributed by atoms with Gasteiger partial charge >= 0.3 is 10.2 Å². The second-order valence-electron chi connectivity index (χ2n) is 4.16. The van der Waals surface area contributed by atoms with E-state index in [1.165, 1.54) is 32.3 Å². The normalized spacial score (nSPS) is 11.8. The van der Waals surface area contributed by atoms with Crippen LogP contribution in [-0.2, 0) is 10.2 Å². The van der Waals surface area contributed by atoms with Crippen LogP contribution in [0.15, 0.2) is 23.6 Å². The van der Waals surface area contributed by atoms with E-state index in [1.807, 2.05) is 0 Å². The molecular weight excluding hydrogens is 303 g/mol. The quantitative estimate of drug-likeness (QED) is 0.841. The lowest BCUT2D eigenvalue weighted by atomic mass is 10.1. The molecule has 2 aromatic rings. The van der Waals surface area contributed by atoms with Crippen molar-refractivity contribution in [3.8, 4) is 11.3 Å². The van der Waals surface area contributed by atoms with Gasteiger partial charge in [0, 0.05) is 30.7 Å². The van der Waals surface area contributed by atoms with Crippen molar-refractivity contribution in [2.75, 3.05) is 24.6 Å². The summed E-state index contributed by atoms with van der Waals surface area (Å²) < 4.78 is 39.7. The summed E-state index contributed by atoms with van der Waals surface area (Å²) in [5.74, 6) is -0.435. The number of hydrogen-bond donors (Lipinski definition) is 2. The zero-order valence-corrected chi connectivity index (χ0v) is 12.4. The van der Waals surface area contributed by atoms with Gasteiger partial charge in [-0.05, 0) is 18.2 Å². The third-order valence-corrected chi connectivity index (χ3v) is 4.79. The van der Waals surface area contributed by atoms with Gasteiger partial charge in [-0.25, -0.2) is 14.1 Å². The van der Waals surface area contributed by atoms with Gasteiger partial charge in [0.05, 0.1) is 5.69 Å². The summed E-state index contributed by atoms with van der Waals surface area (Å²) >= 11 is 1.12. The van der Waals surface area contributed by atoms with Crippen molar-refractivity contribution < 1.29 is 12.8 Å². The molecule has 6 nitrogen and oxygen atoms in total. The molecule has 0 aliphatic rings. The van der Waals surface area contributed by atoms with Crippen molar-refractivity contribution in [1.82, 2.24) is 9.29 Å². The lowest BCUT2D eigenvalue weighted by molar-refractivity contribution is 0.527. The molecule has 9 heteroatoms. The second-order valence-corrected chi connectivity index (χ2v) is 6.90. The Morgan fingerprint density at radius 2 is 2.10 bits per heavy atom. The van der Waals surface area contributed by atoms with Gasteiger partial charge in [0.2, 0.25) is 0 Å². The number of nitrogen functional groups attached to an aromatic ring is 1. The molecule has 0 fully saturated rings. The number of aromatic nitrogens is 1. The predicted octanol–water partition coefficient (Wildman–Crippen LogP) is 1.75. The summed E-state index contributed by atoms with van der Waals surface area (Å²) in [5.41, 5.74) is 7.01. The predicted molar refractivity (Wildman–Crippen MR) is 78.1 cm³/mol. The molecule has 0 aliphatic carbocycles. The van der Waals surface area contributed by atoms with E-state index in [4.69, 9.17) is 5.73 Å². The molecule has 1 aromatic heterocycles. The van der Waals surface area contributed by atoms with Crippen LogP contribution in [-0.4, -0.2) is 31.8 Å². The Morgan fingerprint density at radius 3 is 2.70 bits per heavy atom. The first-order chi connectivity index (χ1) is 9.29. The van der Waals surface area contributed by atoms with Gasteiger partial charge in [0.15, 0.2) is 5.13 Å². The standard InChI is InChI=1S/C11H13FN4O2S2/c1-16(2)20(17,18)15-11-14-10(6-19-11)8-4-3-7(12)5-9(8)13/h3-6H,13H2,1-2H3,(H,14,15). The molecule has 0 unspecified atom stereocenters. The van der Waals surface area contributed by atoms with Crippen molar-refractivity contribution in [3.63, 3.8) is 0 Å². The highest BCUT2D eigenvalue weighted by molar-refractivity contribution is 7.90. The number of thiazole rings is 1. The fourth-order valence-electron chi connectivity index (χ4n) is 1.41. The molecule has 0 saturated carbocycles. The topological polar surface area (TPSA) is 88.3 Å². The van der Waals surface area contributed by atoms with E-state index < -0.39 is 16.0 Å². The Morgan fingerprint density at radius 1 is 1.40 bits per heavy atom. The van der Waals surface area contributed by atoms with Crippen LogP contribution in [0.25, 0.3) is 11.3 Å². The molecular formula is C11H13FN4O2S2. The summed E-state index contributed by atoms with van der Waals surface area (Å²) in [6, 6.07) is 3.97. The van der Waals surface area contributed by atoms with Crippen LogP contribution in [0.5, 0.6) is 0 Å². The minimum Gasteiger partial charge on any atom is -0.398 e. The van der Waals surface area contributed by atoms with Gasteiger partial charge < -0.3 is 5.73 Å². The average molecular weight is 316 g/mol. The Hall–Kier alpha value is -1.71. The minimum absolute atomic E-state index is 0.220. The molecule has 0 spiro atoms. The molecule has 0 atom stereocenters. The smallest absolute Gasteiger partial charge is 0.302 e. The third kappa shape index (κ3) is 3.06. The average Bonchev–Trinajstić information content (AvgIpc) is 2.76. The molecule has 0 aliphatic heterocycles. The van der Waals surface area contributed by atoms with Gasteiger partial charge in [-0.2, -0.15) is 12.7 Å². The molecule has 2 rings (SSSR count). The molecule has 20 heavy (non-hydrogen) atoms. The van der Waals surface area contributed by atoms with Crippen LogP contribution in [0, 0.1) is 5.82 Å². The fraction of sp³-hybridized carbons (Fsp3) is 0.182. The summed E-state index contributed by atoms with van der Waals surface area (Å²) in [7, 11) is -0.774. The Balaban J connectivity index is 2.30. The summed E-state index contributed by atoms with van der Waals surface area (Å²) in [6.07, 6.45) is 0. The first-order valence-electron chi connectivity index (χ1n) is 5.51. The fourth-order valence-corrected chi connectivity index (χ4v) is 2.92. The number of halogens is 1. The summed E-state index contributed by atoms with van der Waals surface area (Å²) in [4.78, 5) is 4.14. The van der Waals surface area contributed by atoms with E-state index in [1.54, 1.807) is 5.38 Å². The van der Waals surface area contributed by atoms with Crippen LogP contribution >= 0.6 is 11.3 Å². The van der Waals surface area contributed by atoms with Crippen LogP contribution in [0.2, 0.25) is 0 Å². The highest BCUT2D eigenvalue weighted by Crippen LogP contribution is 2.30. The molecule has 0 bridgehead atoms. The number of nitrogens with one attached hydrogen (secondary N) is 1. The highest BCUT2D eigenvalue weighted by atomic mass is 32.2. The number of hydrogen-bond acceptors (Lipinski definition) is 5. The number of nitrogens with zero attached hydrogens (tertiary/aromatic N) is 2. The van der Waals surface area contributed by atoms with Crippen molar-refractivity contribution in [2.24, 2.45) is 0 Å².